The van der Waals surface area contributed by atoms with E-state index >= 15 is 0 Å². The Morgan fingerprint density at radius 1 is 1.00 bits per heavy atom. The van der Waals surface area contributed by atoms with Crippen molar-refractivity contribution in [1.82, 2.24) is 10.2 Å². The van der Waals surface area contributed by atoms with Crippen molar-refractivity contribution in [2.24, 2.45) is 0 Å². The SMILES string of the molecule is Cc1ccccc1CCNC(=O)CN(C)Cc1ccc(N(C)C)cc1. The molecule has 2 aromatic rings. The number of anilines is 1. The number of carbonyl (C=O) groups excluding carboxylic acids is 1. The predicted molar refractivity (Wildman–Crippen MR) is 105 cm³/mol. The number of rotatable bonds is 8. The average Bonchev–Trinajstić information content (AvgIpc) is 2.57. The van der Waals surface area contributed by atoms with Gasteiger partial charge in [0.15, 0.2) is 0 Å². The Kier molecular flexibility index (Phi) is 7.02. The molecule has 0 aromatic heterocycles. The third kappa shape index (κ3) is 6.24. The molecule has 0 spiro atoms. The van der Waals surface area contributed by atoms with Crippen LogP contribution in [-0.2, 0) is 17.8 Å². The van der Waals surface area contributed by atoms with Crippen LogP contribution in [0.1, 0.15) is 16.7 Å². The molecule has 0 radical (unpaired) electrons. The molecule has 0 fully saturated rings. The van der Waals surface area contributed by atoms with E-state index in [1.807, 2.05) is 38.2 Å². The maximum atomic E-state index is 12.1. The van der Waals surface area contributed by atoms with Crippen molar-refractivity contribution < 1.29 is 4.79 Å². The fourth-order valence-electron chi connectivity index (χ4n) is 2.80. The third-order valence-electron chi connectivity index (χ3n) is 4.30. The Balaban J connectivity index is 1.73. The highest BCUT2D eigenvalue weighted by molar-refractivity contribution is 5.77. The molecule has 0 saturated heterocycles. The molecule has 0 unspecified atom stereocenters. The summed E-state index contributed by atoms with van der Waals surface area (Å²) in [4.78, 5) is 16.2. The number of hydrogen-bond donors (Lipinski definition) is 1. The van der Waals surface area contributed by atoms with Crippen molar-refractivity contribution >= 4 is 11.6 Å². The summed E-state index contributed by atoms with van der Waals surface area (Å²) in [5.41, 5.74) is 4.95. The molecule has 25 heavy (non-hydrogen) atoms. The van der Waals surface area contributed by atoms with E-state index < -0.39 is 0 Å². The Morgan fingerprint density at radius 2 is 1.68 bits per heavy atom. The first-order valence-corrected chi connectivity index (χ1v) is 8.71. The van der Waals surface area contributed by atoms with Crippen LogP contribution in [0.25, 0.3) is 0 Å². The van der Waals surface area contributed by atoms with Gasteiger partial charge in [-0.1, -0.05) is 36.4 Å². The molecule has 0 heterocycles. The van der Waals surface area contributed by atoms with Gasteiger partial charge in [-0.05, 0) is 49.2 Å². The maximum Gasteiger partial charge on any atom is 0.234 e. The Hall–Kier alpha value is -2.33. The number of hydrogen-bond acceptors (Lipinski definition) is 3. The van der Waals surface area contributed by atoms with Crippen molar-refractivity contribution in [2.75, 3.05) is 39.1 Å². The van der Waals surface area contributed by atoms with Crippen LogP contribution in [0.2, 0.25) is 0 Å². The Labute approximate surface area is 151 Å². The number of amides is 1. The zero-order chi connectivity index (χ0) is 18.2. The van der Waals surface area contributed by atoms with E-state index in [2.05, 4.69) is 53.5 Å². The van der Waals surface area contributed by atoms with E-state index in [9.17, 15) is 4.79 Å². The predicted octanol–water partition coefficient (Wildman–Crippen LogP) is 2.85. The first-order chi connectivity index (χ1) is 12.0. The average molecular weight is 339 g/mol. The molecule has 0 aliphatic rings. The van der Waals surface area contributed by atoms with Crippen LogP contribution in [0, 0.1) is 6.92 Å². The molecule has 0 aliphatic heterocycles. The molecule has 0 aliphatic carbocycles. The number of carbonyl (C=O) groups is 1. The molecule has 0 bridgehead atoms. The van der Waals surface area contributed by atoms with Gasteiger partial charge in [-0.25, -0.2) is 0 Å². The van der Waals surface area contributed by atoms with Gasteiger partial charge in [-0.3, -0.25) is 9.69 Å². The highest BCUT2D eigenvalue weighted by Gasteiger charge is 2.07. The van der Waals surface area contributed by atoms with Gasteiger partial charge < -0.3 is 10.2 Å². The molecule has 2 aromatic carbocycles. The van der Waals surface area contributed by atoms with Gasteiger partial charge in [0.25, 0.3) is 0 Å². The summed E-state index contributed by atoms with van der Waals surface area (Å²) in [7, 11) is 6.03. The molecule has 1 amide bonds. The van der Waals surface area contributed by atoms with Crippen molar-refractivity contribution in [3.8, 4) is 0 Å². The molecular formula is C21H29N3O. The summed E-state index contributed by atoms with van der Waals surface area (Å²) in [6, 6.07) is 16.7. The van der Waals surface area contributed by atoms with E-state index in [1.165, 1.54) is 22.4 Å². The van der Waals surface area contributed by atoms with E-state index in [0.29, 0.717) is 13.1 Å². The standard InChI is InChI=1S/C21H29N3O/c1-17-7-5-6-8-19(17)13-14-22-21(25)16-24(4)15-18-9-11-20(12-10-18)23(2)3/h5-12H,13-16H2,1-4H3,(H,22,25). The van der Waals surface area contributed by atoms with Crippen LogP contribution in [0.4, 0.5) is 5.69 Å². The van der Waals surface area contributed by atoms with Crippen LogP contribution < -0.4 is 10.2 Å². The van der Waals surface area contributed by atoms with Gasteiger partial charge >= 0.3 is 0 Å². The van der Waals surface area contributed by atoms with Crippen LogP contribution in [0.15, 0.2) is 48.5 Å². The second kappa shape index (κ2) is 9.23. The van der Waals surface area contributed by atoms with Gasteiger partial charge in [0.05, 0.1) is 6.54 Å². The van der Waals surface area contributed by atoms with Crippen molar-refractivity contribution in [3.63, 3.8) is 0 Å². The number of aryl methyl sites for hydroxylation is 1. The second-order valence-corrected chi connectivity index (χ2v) is 6.76. The first-order valence-electron chi connectivity index (χ1n) is 8.71. The van der Waals surface area contributed by atoms with Gasteiger partial charge in [0, 0.05) is 32.9 Å². The molecule has 2 rings (SSSR count). The summed E-state index contributed by atoms with van der Waals surface area (Å²) in [6.07, 6.45) is 0.869. The first kappa shape index (κ1) is 19.0. The summed E-state index contributed by atoms with van der Waals surface area (Å²) in [5, 5.41) is 3.01. The summed E-state index contributed by atoms with van der Waals surface area (Å²) in [5.74, 6) is 0.0704. The minimum Gasteiger partial charge on any atom is -0.378 e. The normalized spacial score (nSPS) is 10.8. The second-order valence-electron chi connectivity index (χ2n) is 6.76. The van der Waals surface area contributed by atoms with E-state index in [0.717, 1.165) is 13.0 Å². The molecule has 1 N–H and O–H groups in total. The van der Waals surface area contributed by atoms with Crippen LogP contribution in [0.5, 0.6) is 0 Å². The minimum absolute atomic E-state index is 0.0704. The maximum absolute atomic E-state index is 12.1. The van der Waals surface area contributed by atoms with Crippen molar-refractivity contribution in [1.29, 1.82) is 0 Å². The zero-order valence-corrected chi connectivity index (χ0v) is 15.7. The third-order valence-corrected chi connectivity index (χ3v) is 4.30. The van der Waals surface area contributed by atoms with Gasteiger partial charge in [-0.2, -0.15) is 0 Å². The fourth-order valence-corrected chi connectivity index (χ4v) is 2.80. The smallest absolute Gasteiger partial charge is 0.234 e. The highest BCUT2D eigenvalue weighted by atomic mass is 16.2. The van der Waals surface area contributed by atoms with Crippen LogP contribution in [-0.4, -0.2) is 45.0 Å². The molecule has 0 atom stereocenters. The van der Waals surface area contributed by atoms with E-state index in [4.69, 9.17) is 0 Å². The van der Waals surface area contributed by atoms with Crippen LogP contribution in [0.3, 0.4) is 0 Å². The zero-order valence-electron chi connectivity index (χ0n) is 15.7. The summed E-state index contributed by atoms with van der Waals surface area (Å²) in [6.45, 7) is 3.95. The van der Waals surface area contributed by atoms with Crippen LogP contribution >= 0.6 is 0 Å². The lowest BCUT2D eigenvalue weighted by molar-refractivity contribution is -0.122. The van der Waals surface area contributed by atoms with Crippen molar-refractivity contribution in [3.05, 3.63) is 65.2 Å². The van der Waals surface area contributed by atoms with Gasteiger partial charge in [0.1, 0.15) is 0 Å². The lowest BCUT2D eigenvalue weighted by atomic mass is 10.1. The Morgan fingerprint density at radius 3 is 2.32 bits per heavy atom. The van der Waals surface area contributed by atoms with Crippen molar-refractivity contribution in [2.45, 2.75) is 19.9 Å². The lowest BCUT2D eigenvalue weighted by Crippen LogP contribution is -2.35. The van der Waals surface area contributed by atoms with E-state index in [1.54, 1.807) is 0 Å². The fraction of sp³-hybridized carbons (Fsp3) is 0.381. The topological polar surface area (TPSA) is 35.6 Å². The molecule has 4 nitrogen and oxygen atoms in total. The van der Waals surface area contributed by atoms with Gasteiger partial charge in [0.2, 0.25) is 5.91 Å². The largest absolute Gasteiger partial charge is 0.378 e. The number of nitrogens with zero attached hydrogens (tertiary/aromatic N) is 2. The highest BCUT2D eigenvalue weighted by Crippen LogP contribution is 2.13. The molecular weight excluding hydrogens is 310 g/mol. The molecule has 4 heteroatoms. The number of nitrogens with one attached hydrogen (secondary N) is 1. The quantitative estimate of drug-likeness (QED) is 0.803. The summed E-state index contributed by atoms with van der Waals surface area (Å²) < 4.78 is 0. The lowest BCUT2D eigenvalue weighted by Gasteiger charge is -2.18. The molecule has 0 saturated carbocycles. The number of benzene rings is 2. The monoisotopic (exact) mass is 339 g/mol. The van der Waals surface area contributed by atoms with Gasteiger partial charge in [-0.15, -0.1) is 0 Å². The Bertz CT molecular complexity index is 680. The van der Waals surface area contributed by atoms with E-state index in [-0.39, 0.29) is 5.91 Å². The minimum atomic E-state index is 0.0704. The number of likely N-dealkylation sites (N-methyl/N-ethyl adjacent to an activating group) is 1. The summed E-state index contributed by atoms with van der Waals surface area (Å²) >= 11 is 0. The molecule has 134 valence electrons.